The lowest BCUT2D eigenvalue weighted by Crippen LogP contribution is -2.07. The van der Waals surface area contributed by atoms with Gasteiger partial charge in [-0.1, -0.05) is 12.1 Å². The molecule has 0 saturated heterocycles. The molecular formula is C16H16N4O2S. The van der Waals surface area contributed by atoms with Crippen molar-refractivity contribution in [2.45, 2.75) is 20.3 Å². The van der Waals surface area contributed by atoms with Gasteiger partial charge in [-0.2, -0.15) is 10.4 Å². The summed E-state index contributed by atoms with van der Waals surface area (Å²) in [4.78, 5) is 15.6. The number of nitrogens with zero attached hydrogens (tertiary/aromatic N) is 3. The third-order valence-corrected chi connectivity index (χ3v) is 3.84. The number of hydrogen-bond donors (Lipinski definition) is 1. The van der Waals surface area contributed by atoms with E-state index in [4.69, 9.17) is 10.00 Å². The van der Waals surface area contributed by atoms with E-state index in [0.29, 0.717) is 23.0 Å². The highest BCUT2D eigenvalue weighted by Gasteiger charge is 2.08. The molecule has 0 aliphatic heterocycles. The van der Waals surface area contributed by atoms with E-state index in [2.05, 4.69) is 21.6 Å². The summed E-state index contributed by atoms with van der Waals surface area (Å²) in [6.45, 7) is 4.00. The van der Waals surface area contributed by atoms with Crippen molar-refractivity contribution in [1.29, 1.82) is 5.26 Å². The largest absolute Gasteiger partial charge is 0.466 e. The molecule has 0 bridgehead atoms. The first-order valence-electron chi connectivity index (χ1n) is 7.02. The van der Waals surface area contributed by atoms with E-state index in [0.717, 1.165) is 11.1 Å². The second-order valence-electron chi connectivity index (χ2n) is 4.63. The Bertz CT molecular complexity index is 762. The minimum absolute atomic E-state index is 0.152. The van der Waals surface area contributed by atoms with Crippen LogP contribution in [0.25, 0.3) is 0 Å². The summed E-state index contributed by atoms with van der Waals surface area (Å²) in [5.74, 6) is -0.295. The van der Waals surface area contributed by atoms with Crippen molar-refractivity contribution in [2.24, 2.45) is 5.10 Å². The lowest BCUT2D eigenvalue weighted by atomic mass is 10.0. The van der Waals surface area contributed by atoms with Gasteiger partial charge in [0.05, 0.1) is 36.6 Å². The molecule has 2 aromatic rings. The van der Waals surface area contributed by atoms with Crippen LogP contribution >= 0.6 is 11.3 Å². The molecule has 0 fully saturated rings. The molecule has 2 rings (SSSR count). The van der Waals surface area contributed by atoms with Gasteiger partial charge in [0.15, 0.2) is 0 Å². The van der Waals surface area contributed by atoms with Crippen LogP contribution in [0.3, 0.4) is 0 Å². The maximum Gasteiger partial charge on any atom is 0.311 e. The minimum Gasteiger partial charge on any atom is -0.466 e. The Morgan fingerprint density at radius 2 is 2.39 bits per heavy atom. The zero-order valence-electron chi connectivity index (χ0n) is 12.9. The Hall–Kier alpha value is -2.72. The predicted octanol–water partition coefficient (Wildman–Crippen LogP) is 2.87. The molecule has 118 valence electrons. The topological polar surface area (TPSA) is 87.4 Å². The van der Waals surface area contributed by atoms with E-state index in [9.17, 15) is 4.79 Å². The normalized spacial score (nSPS) is 10.5. The number of aromatic nitrogens is 1. The van der Waals surface area contributed by atoms with Gasteiger partial charge in [-0.3, -0.25) is 10.2 Å². The molecule has 1 heterocycles. The van der Waals surface area contributed by atoms with Crippen LogP contribution in [0.2, 0.25) is 0 Å². The van der Waals surface area contributed by atoms with Gasteiger partial charge in [0.2, 0.25) is 5.13 Å². The second kappa shape index (κ2) is 8.06. The van der Waals surface area contributed by atoms with Crippen LogP contribution in [0, 0.1) is 18.3 Å². The van der Waals surface area contributed by atoms with Crippen molar-refractivity contribution >= 4 is 28.7 Å². The summed E-state index contributed by atoms with van der Waals surface area (Å²) in [7, 11) is 0. The van der Waals surface area contributed by atoms with Gasteiger partial charge in [-0.05, 0) is 31.0 Å². The Balaban J connectivity index is 1.98. The summed E-state index contributed by atoms with van der Waals surface area (Å²) >= 11 is 1.36. The molecule has 0 aliphatic carbocycles. The molecule has 1 aromatic heterocycles. The highest BCUT2D eigenvalue weighted by Crippen LogP contribution is 2.16. The van der Waals surface area contributed by atoms with Gasteiger partial charge in [-0.25, -0.2) is 4.98 Å². The van der Waals surface area contributed by atoms with Crippen molar-refractivity contribution in [3.63, 3.8) is 0 Å². The summed E-state index contributed by atoms with van der Waals surface area (Å²) < 4.78 is 4.88. The van der Waals surface area contributed by atoms with Crippen LogP contribution in [0.5, 0.6) is 0 Å². The monoisotopic (exact) mass is 328 g/mol. The van der Waals surface area contributed by atoms with E-state index >= 15 is 0 Å². The highest BCUT2D eigenvalue weighted by molar-refractivity contribution is 7.13. The summed E-state index contributed by atoms with van der Waals surface area (Å²) in [5.41, 5.74) is 5.84. The highest BCUT2D eigenvalue weighted by atomic mass is 32.1. The number of benzene rings is 1. The van der Waals surface area contributed by atoms with Crippen molar-refractivity contribution < 1.29 is 9.53 Å². The van der Waals surface area contributed by atoms with Gasteiger partial charge in [-0.15, -0.1) is 11.3 Å². The van der Waals surface area contributed by atoms with Crippen molar-refractivity contribution in [1.82, 2.24) is 4.98 Å². The fourth-order valence-electron chi connectivity index (χ4n) is 1.87. The third kappa shape index (κ3) is 4.63. The molecular weight excluding hydrogens is 312 g/mol. The van der Waals surface area contributed by atoms with Gasteiger partial charge in [0.25, 0.3) is 0 Å². The average molecular weight is 328 g/mol. The van der Waals surface area contributed by atoms with Gasteiger partial charge in [0, 0.05) is 5.38 Å². The van der Waals surface area contributed by atoms with Crippen LogP contribution in [-0.4, -0.2) is 23.8 Å². The van der Waals surface area contributed by atoms with Crippen molar-refractivity contribution in [3.05, 3.63) is 46.0 Å². The fraction of sp³-hybridized carbons (Fsp3) is 0.250. The first kappa shape index (κ1) is 16.6. The number of hydrogen-bond acceptors (Lipinski definition) is 7. The molecule has 0 aliphatic rings. The van der Waals surface area contributed by atoms with Crippen LogP contribution in [0.4, 0.5) is 5.13 Å². The van der Waals surface area contributed by atoms with Gasteiger partial charge >= 0.3 is 5.97 Å². The second-order valence-corrected chi connectivity index (χ2v) is 5.49. The number of ether oxygens (including phenoxy) is 1. The molecule has 0 unspecified atom stereocenters. The number of anilines is 1. The SMILES string of the molecule is CCOC(=O)Cc1csc(NN=Cc2cccc(C#N)c2C)n1. The fourth-order valence-corrected chi connectivity index (χ4v) is 2.53. The number of carbonyl (C=O) groups is 1. The lowest BCUT2D eigenvalue weighted by molar-refractivity contribution is -0.142. The standard InChI is InChI=1S/C16H16N4O2S/c1-3-22-15(21)7-14-10-23-16(19-14)20-18-9-13-6-4-5-12(8-17)11(13)2/h4-6,9-10H,3,7H2,1-2H3,(H,19,20). The quantitative estimate of drug-likeness (QED) is 0.500. The van der Waals surface area contributed by atoms with Gasteiger partial charge < -0.3 is 4.74 Å². The summed E-state index contributed by atoms with van der Waals surface area (Å²) in [5, 5.41) is 15.5. The molecule has 23 heavy (non-hydrogen) atoms. The first-order valence-corrected chi connectivity index (χ1v) is 7.90. The van der Waals surface area contributed by atoms with Crippen molar-refractivity contribution in [2.75, 3.05) is 12.0 Å². The molecule has 0 spiro atoms. The van der Waals surface area contributed by atoms with E-state index in [1.54, 1.807) is 24.6 Å². The maximum absolute atomic E-state index is 11.4. The molecule has 6 nitrogen and oxygen atoms in total. The molecule has 1 aromatic carbocycles. The number of esters is 1. The number of hydrazone groups is 1. The molecule has 0 amide bonds. The lowest BCUT2D eigenvalue weighted by Gasteiger charge is -2.01. The van der Waals surface area contributed by atoms with E-state index in [1.165, 1.54) is 11.3 Å². The third-order valence-electron chi connectivity index (χ3n) is 3.04. The predicted molar refractivity (Wildman–Crippen MR) is 89.6 cm³/mol. The Morgan fingerprint density at radius 1 is 1.57 bits per heavy atom. The smallest absolute Gasteiger partial charge is 0.311 e. The Kier molecular flexibility index (Phi) is 5.83. The first-order chi connectivity index (χ1) is 11.1. The zero-order valence-corrected chi connectivity index (χ0v) is 13.7. The Labute approximate surface area is 138 Å². The molecule has 0 atom stereocenters. The number of nitriles is 1. The number of rotatable bonds is 6. The number of thiazole rings is 1. The summed E-state index contributed by atoms with van der Waals surface area (Å²) in [6, 6.07) is 7.60. The van der Waals surface area contributed by atoms with Crippen LogP contribution < -0.4 is 5.43 Å². The zero-order chi connectivity index (χ0) is 16.7. The van der Waals surface area contributed by atoms with E-state index in [-0.39, 0.29) is 12.4 Å². The number of carbonyl (C=O) groups excluding carboxylic acids is 1. The van der Waals surface area contributed by atoms with Crippen LogP contribution in [-0.2, 0) is 16.0 Å². The molecule has 0 radical (unpaired) electrons. The Morgan fingerprint density at radius 3 is 3.13 bits per heavy atom. The van der Waals surface area contributed by atoms with Gasteiger partial charge in [0.1, 0.15) is 0 Å². The summed E-state index contributed by atoms with van der Waals surface area (Å²) in [6.07, 6.45) is 1.79. The molecule has 0 saturated carbocycles. The number of nitrogens with one attached hydrogen (secondary N) is 1. The minimum atomic E-state index is -0.295. The maximum atomic E-state index is 11.4. The average Bonchev–Trinajstić information content (AvgIpc) is 2.96. The molecule has 7 heteroatoms. The van der Waals surface area contributed by atoms with Crippen molar-refractivity contribution in [3.8, 4) is 6.07 Å². The van der Waals surface area contributed by atoms with E-state index < -0.39 is 0 Å². The van der Waals surface area contributed by atoms with E-state index in [1.807, 2.05) is 19.1 Å². The molecule has 1 N–H and O–H groups in total. The van der Waals surface area contributed by atoms with Crippen LogP contribution in [0.15, 0.2) is 28.7 Å². The van der Waals surface area contributed by atoms with Crippen LogP contribution in [0.1, 0.15) is 29.3 Å².